The molecule has 2 N–H and O–H groups in total. The van der Waals surface area contributed by atoms with Gasteiger partial charge in [0, 0.05) is 16.9 Å². The average molecular weight is 371 g/mol. The topological polar surface area (TPSA) is 75.6 Å². The van der Waals surface area contributed by atoms with Crippen LogP contribution in [-0.2, 0) is 4.79 Å². The third kappa shape index (κ3) is 3.70. The number of rotatable bonds is 6. The maximum atomic E-state index is 12.7. The van der Waals surface area contributed by atoms with Crippen molar-refractivity contribution < 1.29 is 19.4 Å². The van der Waals surface area contributed by atoms with Gasteiger partial charge in [-0.15, -0.1) is 0 Å². The number of ether oxygens (including phenoxy) is 1. The molecule has 136 valence electrons. The lowest BCUT2D eigenvalue weighted by Gasteiger charge is -2.24. The SMILES string of the molecule is CCOc1ccccc1-c1cccc(C(=O)NC2(C(=O)O)CCSC2)c1. The standard InChI is InChI=1S/C20H21NO4S/c1-2-25-17-9-4-3-8-16(17)14-6-5-7-15(12-14)18(22)21-20(19(23)24)10-11-26-13-20/h3-9,12H,2,10-11,13H2,1H3,(H,21,22)(H,23,24). The highest BCUT2D eigenvalue weighted by molar-refractivity contribution is 7.99. The summed E-state index contributed by atoms with van der Waals surface area (Å²) in [6, 6.07) is 14.8. The second-order valence-electron chi connectivity index (χ2n) is 6.15. The molecule has 0 aliphatic carbocycles. The predicted molar refractivity (Wildman–Crippen MR) is 103 cm³/mol. The largest absolute Gasteiger partial charge is 0.493 e. The zero-order valence-electron chi connectivity index (χ0n) is 14.5. The Morgan fingerprint density at radius 2 is 2.04 bits per heavy atom. The van der Waals surface area contributed by atoms with Crippen molar-refractivity contribution in [3.8, 4) is 16.9 Å². The minimum atomic E-state index is -1.18. The van der Waals surface area contributed by atoms with Crippen molar-refractivity contribution in [3.63, 3.8) is 0 Å². The van der Waals surface area contributed by atoms with E-state index in [1.54, 1.807) is 30.0 Å². The number of nitrogens with one attached hydrogen (secondary N) is 1. The molecule has 0 bridgehead atoms. The van der Waals surface area contributed by atoms with Crippen LogP contribution in [0.2, 0.25) is 0 Å². The minimum Gasteiger partial charge on any atom is -0.493 e. The predicted octanol–water partition coefficient (Wildman–Crippen LogP) is 3.44. The Bertz CT molecular complexity index is 815. The van der Waals surface area contributed by atoms with E-state index >= 15 is 0 Å². The lowest BCUT2D eigenvalue weighted by Crippen LogP contribution is -2.54. The molecule has 1 aliphatic heterocycles. The fourth-order valence-corrected chi connectivity index (χ4v) is 4.32. The molecule has 1 saturated heterocycles. The summed E-state index contributed by atoms with van der Waals surface area (Å²) in [6.07, 6.45) is 0.436. The third-order valence-electron chi connectivity index (χ3n) is 4.41. The fraction of sp³-hybridized carbons (Fsp3) is 0.300. The van der Waals surface area contributed by atoms with E-state index in [2.05, 4.69) is 5.32 Å². The Kier molecular flexibility index (Phi) is 5.52. The molecular formula is C20H21NO4S. The Morgan fingerprint density at radius 1 is 1.23 bits per heavy atom. The van der Waals surface area contributed by atoms with Crippen LogP contribution >= 0.6 is 11.8 Å². The van der Waals surface area contributed by atoms with Gasteiger partial charge in [0.15, 0.2) is 0 Å². The number of carboxylic acids is 1. The molecule has 1 amide bonds. The van der Waals surface area contributed by atoms with Crippen LogP contribution in [0.1, 0.15) is 23.7 Å². The molecule has 26 heavy (non-hydrogen) atoms. The van der Waals surface area contributed by atoms with Crippen molar-refractivity contribution in [1.82, 2.24) is 5.32 Å². The van der Waals surface area contributed by atoms with Gasteiger partial charge in [0.1, 0.15) is 11.3 Å². The molecule has 3 rings (SSSR count). The summed E-state index contributed by atoms with van der Waals surface area (Å²) in [5.41, 5.74) is 1.01. The highest BCUT2D eigenvalue weighted by atomic mass is 32.2. The smallest absolute Gasteiger partial charge is 0.330 e. The number of aliphatic carboxylic acids is 1. The quantitative estimate of drug-likeness (QED) is 0.813. The van der Waals surface area contributed by atoms with E-state index in [0.29, 0.717) is 24.3 Å². The molecule has 5 nitrogen and oxygen atoms in total. The van der Waals surface area contributed by atoms with E-state index in [1.165, 1.54) is 0 Å². The fourth-order valence-electron chi connectivity index (χ4n) is 2.99. The van der Waals surface area contributed by atoms with Crippen LogP contribution in [-0.4, -0.2) is 40.6 Å². The molecule has 2 aromatic rings. The highest BCUT2D eigenvalue weighted by Gasteiger charge is 2.43. The summed E-state index contributed by atoms with van der Waals surface area (Å²) in [4.78, 5) is 24.3. The molecule has 2 aromatic carbocycles. The van der Waals surface area contributed by atoms with Gasteiger partial charge in [0.25, 0.3) is 5.91 Å². The molecule has 1 heterocycles. The molecule has 6 heteroatoms. The lowest BCUT2D eigenvalue weighted by molar-refractivity contribution is -0.143. The Labute approximate surface area is 156 Å². The van der Waals surface area contributed by atoms with Gasteiger partial charge in [-0.05, 0) is 42.9 Å². The van der Waals surface area contributed by atoms with Gasteiger partial charge in [-0.25, -0.2) is 4.79 Å². The number of hydrogen-bond acceptors (Lipinski definition) is 4. The number of carbonyl (C=O) groups excluding carboxylic acids is 1. The zero-order valence-corrected chi connectivity index (χ0v) is 15.3. The highest BCUT2D eigenvalue weighted by Crippen LogP contribution is 2.31. The number of benzene rings is 2. The number of para-hydroxylation sites is 1. The molecular weight excluding hydrogens is 350 g/mol. The summed E-state index contributed by atoms with van der Waals surface area (Å²) in [5.74, 6) is 0.524. The average Bonchev–Trinajstić information content (AvgIpc) is 3.12. The van der Waals surface area contributed by atoms with Crippen molar-refractivity contribution >= 4 is 23.6 Å². The van der Waals surface area contributed by atoms with Gasteiger partial charge >= 0.3 is 5.97 Å². The van der Waals surface area contributed by atoms with E-state index in [0.717, 1.165) is 22.6 Å². The second-order valence-corrected chi connectivity index (χ2v) is 7.26. The maximum absolute atomic E-state index is 12.7. The van der Waals surface area contributed by atoms with E-state index in [1.807, 2.05) is 37.3 Å². The Balaban J connectivity index is 1.88. The van der Waals surface area contributed by atoms with Gasteiger partial charge in [0.2, 0.25) is 0 Å². The molecule has 1 unspecified atom stereocenters. The van der Waals surface area contributed by atoms with Gasteiger partial charge < -0.3 is 15.2 Å². The normalized spacial score (nSPS) is 19.1. The Hall–Kier alpha value is -2.47. The van der Waals surface area contributed by atoms with E-state index in [-0.39, 0.29) is 5.91 Å². The first-order chi connectivity index (χ1) is 12.6. The van der Waals surface area contributed by atoms with Crippen LogP contribution in [0, 0.1) is 0 Å². The van der Waals surface area contributed by atoms with Gasteiger partial charge in [-0.2, -0.15) is 11.8 Å². The van der Waals surface area contributed by atoms with Crippen molar-refractivity contribution in [2.24, 2.45) is 0 Å². The monoisotopic (exact) mass is 371 g/mol. The van der Waals surface area contributed by atoms with E-state index in [4.69, 9.17) is 4.74 Å². The van der Waals surface area contributed by atoms with Gasteiger partial charge in [-0.1, -0.05) is 30.3 Å². The number of carbonyl (C=O) groups is 2. The number of hydrogen-bond donors (Lipinski definition) is 2. The van der Waals surface area contributed by atoms with Gasteiger partial charge in [-0.3, -0.25) is 4.79 Å². The molecule has 1 fully saturated rings. The van der Waals surface area contributed by atoms with Crippen molar-refractivity contribution in [1.29, 1.82) is 0 Å². The summed E-state index contributed by atoms with van der Waals surface area (Å²) in [7, 11) is 0. The minimum absolute atomic E-state index is 0.370. The van der Waals surface area contributed by atoms with Crippen LogP contribution in [0.15, 0.2) is 48.5 Å². The number of amides is 1. The first-order valence-corrected chi connectivity index (χ1v) is 9.67. The first kappa shape index (κ1) is 18.3. The van der Waals surface area contributed by atoms with Crippen LogP contribution < -0.4 is 10.1 Å². The van der Waals surface area contributed by atoms with Crippen molar-refractivity contribution in [3.05, 3.63) is 54.1 Å². The third-order valence-corrected chi connectivity index (χ3v) is 5.60. The van der Waals surface area contributed by atoms with E-state index in [9.17, 15) is 14.7 Å². The summed E-state index contributed by atoms with van der Waals surface area (Å²) in [6.45, 7) is 2.47. The summed E-state index contributed by atoms with van der Waals surface area (Å²) >= 11 is 1.54. The second kappa shape index (κ2) is 7.83. The van der Waals surface area contributed by atoms with E-state index < -0.39 is 11.5 Å². The maximum Gasteiger partial charge on any atom is 0.330 e. The molecule has 0 spiro atoms. The lowest BCUT2D eigenvalue weighted by atomic mass is 9.97. The molecule has 0 aromatic heterocycles. The molecule has 0 radical (unpaired) electrons. The van der Waals surface area contributed by atoms with Crippen LogP contribution in [0.5, 0.6) is 5.75 Å². The van der Waals surface area contributed by atoms with Crippen molar-refractivity contribution in [2.45, 2.75) is 18.9 Å². The van der Waals surface area contributed by atoms with Crippen LogP contribution in [0.4, 0.5) is 0 Å². The number of thioether (sulfide) groups is 1. The summed E-state index contributed by atoms with van der Waals surface area (Å²) < 4.78 is 5.67. The molecule has 0 saturated carbocycles. The first-order valence-electron chi connectivity index (χ1n) is 8.51. The summed E-state index contributed by atoms with van der Waals surface area (Å²) in [5, 5.41) is 12.3. The van der Waals surface area contributed by atoms with Crippen LogP contribution in [0.3, 0.4) is 0 Å². The van der Waals surface area contributed by atoms with Gasteiger partial charge in [0.05, 0.1) is 6.61 Å². The molecule has 1 aliphatic rings. The zero-order chi connectivity index (χ0) is 18.6. The molecule has 1 atom stereocenters. The Morgan fingerprint density at radius 3 is 2.73 bits per heavy atom. The number of carboxylic acid groups (broad SMARTS) is 1. The van der Waals surface area contributed by atoms with Crippen molar-refractivity contribution in [2.75, 3.05) is 18.1 Å². The van der Waals surface area contributed by atoms with Crippen LogP contribution in [0.25, 0.3) is 11.1 Å².